The summed E-state index contributed by atoms with van der Waals surface area (Å²) in [7, 11) is 0. The van der Waals surface area contributed by atoms with Gasteiger partial charge in [0, 0.05) is 27.3 Å². The van der Waals surface area contributed by atoms with E-state index < -0.39 is 0 Å². The molecule has 0 aliphatic heterocycles. The number of hydrogen-bond donors (Lipinski definition) is 0. The van der Waals surface area contributed by atoms with Gasteiger partial charge in [0.15, 0.2) is 0 Å². The first-order valence-corrected chi connectivity index (χ1v) is 9.25. The summed E-state index contributed by atoms with van der Waals surface area (Å²) in [6.07, 6.45) is 6.39. The predicted molar refractivity (Wildman–Crippen MR) is 101 cm³/mol. The van der Waals surface area contributed by atoms with Gasteiger partial charge in [-0.2, -0.15) is 0 Å². The fraction of sp³-hybridized carbons (Fsp3) is 0.400. The maximum Gasteiger partial charge on any atom is 0.0535 e. The van der Waals surface area contributed by atoms with Crippen molar-refractivity contribution in [2.45, 2.75) is 52.5 Å². The van der Waals surface area contributed by atoms with E-state index in [-0.39, 0.29) is 0 Å². The lowest BCUT2D eigenvalue weighted by Gasteiger charge is -2.11. The molecule has 1 aromatic heterocycles. The van der Waals surface area contributed by atoms with Crippen molar-refractivity contribution in [2.24, 2.45) is 0 Å². The molecular weight excluding hydrogens is 334 g/mol. The number of halogens is 1. The van der Waals surface area contributed by atoms with Gasteiger partial charge in [-0.25, -0.2) is 0 Å². The average Bonchev–Trinajstić information content (AvgIpc) is 2.87. The maximum absolute atomic E-state index is 3.79. The summed E-state index contributed by atoms with van der Waals surface area (Å²) in [4.78, 5) is 0. The first-order chi connectivity index (χ1) is 10.8. The Morgan fingerprint density at radius 2 is 1.73 bits per heavy atom. The van der Waals surface area contributed by atoms with Crippen molar-refractivity contribution >= 4 is 37.7 Å². The molecule has 0 N–H and O–H groups in total. The van der Waals surface area contributed by atoms with Crippen LogP contribution in [0.25, 0.3) is 21.8 Å². The van der Waals surface area contributed by atoms with Crippen LogP contribution in [0, 0.1) is 0 Å². The average molecular weight is 358 g/mol. The summed E-state index contributed by atoms with van der Waals surface area (Å²) in [5.41, 5.74) is 4.26. The molecule has 2 heteroatoms. The van der Waals surface area contributed by atoms with Crippen molar-refractivity contribution in [2.75, 3.05) is 0 Å². The molecule has 3 aromatic rings. The van der Waals surface area contributed by atoms with Crippen molar-refractivity contribution in [1.29, 1.82) is 0 Å². The number of fused-ring (bicyclic) bond motifs is 3. The molecule has 0 atom stereocenters. The van der Waals surface area contributed by atoms with Crippen molar-refractivity contribution in [3.63, 3.8) is 0 Å². The standard InChI is InChI=1S/C20H24BrN/c1-3-5-6-7-11-17-18(21)14-13-16-15-10-8-9-12-19(15)22(4-2)20(16)17/h8-10,12-14H,3-7,11H2,1-2H3. The van der Waals surface area contributed by atoms with Gasteiger partial charge >= 0.3 is 0 Å². The Labute approximate surface area is 141 Å². The Morgan fingerprint density at radius 1 is 0.909 bits per heavy atom. The summed E-state index contributed by atoms with van der Waals surface area (Å²) in [6, 6.07) is 13.3. The second kappa shape index (κ2) is 6.87. The van der Waals surface area contributed by atoms with Crippen LogP contribution in [0.1, 0.15) is 45.1 Å². The smallest absolute Gasteiger partial charge is 0.0535 e. The van der Waals surface area contributed by atoms with Gasteiger partial charge in [-0.3, -0.25) is 0 Å². The van der Waals surface area contributed by atoms with Gasteiger partial charge in [0.1, 0.15) is 0 Å². The molecule has 22 heavy (non-hydrogen) atoms. The van der Waals surface area contributed by atoms with Crippen molar-refractivity contribution < 1.29 is 0 Å². The Balaban J connectivity index is 2.15. The first-order valence-electron chi connectivity index (χ1n) is 8.46. The van der Waals surface area contributed by atoms with E-state index in [1.165, 1.54) is 57.5 Å². The zero-order valence-electron chi connectivity index (χ0n) is 13.5. The predicted octanol–water partition coefficient (Wildman–Crippen LogP) is 6.70. The van der Waals surface area contributed by atoms with E-state index in [1.807, 2.05) is 0 Å². The Morgan fingerprint density at radius 3 is 2.50 bits per heavy atom. The van der Waals surface area contributed by atoms with Crippen LogP contribution in [0.5, 0.6) is 0 Å². The number of benzene rings is 2. The second-order valence-electron chi connectivity index (χ2n) is 5.99. The first kappa shape index (κ1) is 15.6. The SMILES string of the molecule is CCCCCCc1c(Br)ccc2c3ccccc3n(CC)c12. The second-order valence-corrected chi connectivity index (χ2v) is 6.85. The molecule has 0 spiro atoms. The Hall–Kier alpha value is -1.28. The van der Waals surface area contributed by atoms with E-state index in [2.05, 4.69) is 70.7 Å². The van der Waals surface area contributed by atoms with Gasteiger partial charge in [-0.15, -0.1) is 0 Å². The van der Waals surface area contributed by atoms with Crippen molar-refractivity contribution in [3.8, 4) is 0 Å². The molecule has 0 saturated heterocycles. The molecule has 1 nitrogen and oxygen atoms in total. The molecule has 0 bridgehead atoms. The molecular formula is C20H24BrN. The van der Waals surface area contributed by atoms with Gasteiger partial charge < -0.3 is 4.57 Å². The molecule has 0 amide bonds. The van der Waals surface area contributed by atoms with E-state index >= 15 is 0 Å². The minimum absolute atomic E-state index is 1.02. The van der Waals surface area contributed by atoms with E-state index in [1.54, 1.807) is 0 Å². The summed E-state index contributed by atoms with van der Waals surface area (Å²) in [5, 5.41) is 2.77. The zero-order chi connectivity index (χ0) is 15.5. The molecule has 3 rings (SSSR count). The lowest BCUT2D eigenvalue weighted by Crippen LogP contribution is -1.98. The third kappa shape index (κ3) is 2.69. The highest BCUT2D eigenvalue weighted by molar-refractivity contribution is 9.10. The molecule has 0 radical (unpaired) electrons. The van der Waals surface area contributed by atoms with Crippen LogP contribution < -0.4 is 0 Å². The van der Waals surface area contributed by atoms with Gasteiger partial charge in [-0.1, -0.05) is 66.4 Å². The van der Waals surface area contributed by atoms with Gasteiger partial charge in [0.2, 0.25) is 0 Å². The topological polar surface area (TPSA) is 4.93 Å². The van der Waals surface area contributed by atoms with Crippen LogP contribution in [0.3, 0.4) is 0 Å². The number of rotatable bonds is 6. The normalized spacial score (nSPS) is 11.6. The van der Waals surface area contributed by atoms with E-state index in [9.17, 15) is 0 Å². The van der Waals surface area contributed by atoms with Gasteiger partial charge in [0.05, 0.1) is 5.52 Å². The van der Waals surface area contributed by atoms with Crippen LogP contribution in [0.2, 0.25) is 0 Å². The molecule has 0 saturated carbocycles. The molecule has 0 unspecified atom stereocenters. The quantitative estimate of drug-likeness (QED) is 0.432. The molecule has 0 aliphatic carbocycles. The highest BCUT2D eigenvalue weighted by Crippen LogP contribution is 2.35. The van der Waals surface area contributed by atoms with Gasteiger partial charge in [0.25, 0.3) is 0 Å². The Bertz CT molecular complexity index is 785. The summed E-state index contributed by atoms with van der Waals surface area (Å²) in [6.45, 7) is 5.53. The summed E-state index contributed by atoms with van der Waals surface area (Å²) in [5.74, 6) is 0. The van der Waals surface area contributed by atoms with Crippen LogP contribution in [0.15, 0.2) is 40.9 Å². The lowest BCUT2D eigenvalue weighted by atomic mass is 10.0. The fourth-order valence-corrected chi connectivity index (χ4v) is 4.01. The number of unbranched alkanes of at least 4 members (excludes halogenated alkanes) is 3. The van der Waals surface area contributed by atoms with Crippen LogP contribution in [-0.2, 0) is 13.0 Å². The van der Waals surface area contributed by atoms with E-state index in [0.717, 1.165) is 13.0 Å². The van der Waals surface area contributed by atoms with Crippen LogP contribution in [-0.4, -0.2) is 4.57 Å². The number of hydrogen-bond acceptors (Lipinski definition) is 0. The Kier molecular flexibility index (Phi) is 4.87. The van der Waals surface area contributed by atoms with Crippen molar-refractivity contribution in [3.05, 3.63) is 46.4 Å². The largest absolute Gasteiger partial charge is 0.340 e. The van der Waals surface area contributed by atoms with Crippen LogP contribution in [0.4, 0.5) is 0 Å². The minimum atomic E-state index is 1.02. The molecule has 0 fully saturated rings. The number of aromatic nitrogens is 1. The summed E-state index contributed by atoms with van der Waals surface area (Å²) >= 11 is 3.79. The third-order valence-corrected chi connectivity index (χ3v) is 5.32. The monoisotopic (exact) mass is 357 g/mol. The highest BCUT2D eigenvalue weighted by atomic mass is 79.9. The lowest BCUT2D eigenvalue weighted by molar-refractivity contribution is 0.666. The molecule has 1 heterocycles. The number of aryl methyl sites for hydroxylation is 2. The number of para-hydroxylation sites is 1. The summed E-state index contributed by atoms with van der Waals surface area (Å²) < 4.78 is 3.74. The van der Waals surface area contributed by atoms with Crippen LogP contribution >= 0.6 is 15.9 Å². The molecule has 0 aliphatic rings. The fourth-order valence-electron chi connectivity index (χ4n) is 3.49. The van der Waals surface area contributed by atoms with Gasteiger partial charge in [-0.05, 0) is 37.5 Å². The highest BCUT2D eigenvalue weighted by Gasteiger charge is 2.14. The molecule has 2 aromatic carbocycles. The molecule has 116 valence electrons. The maximum atomic E-state index is 3.79. The minimum Gasteiger partial charge on any atom is -0.340 e. The third-order valence-electron chi connectivity index (χ3n) is 4.58. The zero-order valence-corrected chi connectivity index (χ0v) is 15.1. The van der Waals surface area contributed by atoms with E-state index in [4.69, 9.17) is 0 Å². The number of nitrogens with zero attached hydrogens (tertiary/aromatic N) is 1. The van der Waals surface area contributed by atoms with Crippen molar-refractivity contribution in [1.82, 2.24) is 4.57 Å². The van der Waals surface area contributed by atoms with E-state index in [0.29, 0.717) is 0 Å².